The molecule has 1 saturated heterocycles. The largest absolute Gasteiger partial charge is 0.307 e. The third-order valence-corrected chi connectivity index (χ3v) is 4.57. The lowest BCUT2D eigenvalue weighted by atomic mass is 9.86. The van der Waals surface area contributed by atoms with Gasteiger partial charge in [-0.1, -0.05) is 12.5 Å². The average Bonchev–Trinajstić information content (AvgIpc) is 2.82. The molecule has 0 radical (unpaired) electrons. The lowest BCUT2D eigenvalue weighted by molar-refractivity contribution is 0.253. The van der Waals surface area contributed by atoms with Gasteiger partial charge < -0.3 is 5.32 Å². The van der Waals surface area contributed by atoms with Crippen LogP contribution >= 0.6 is 0 Å². The molecule has 1 nitrogen and oxygen atoms in total. The van der Waals surface area contributed by atoms with Crippen LogP contribution in [-0.4, -0.2) is 6.04 Å². The molecule has 1 saturated carbocycles. The Bertz CT molecular complexity index is 458. The van der Waals surface area contributed by atoms with Gasteiger partial charge in [-0.25, -0.2) is 8.78 Å². The molecule has 1 aromatic rings. The van der Waals surface area contributed by atoms with Crippen LogP contribution in [0.2, 0.25) is 0 Å². The molecule has 0 amide bonds. The van der Waals surface area contributed by atoms with Crippen LogP contribution in [0, 0.1) is 24.5 Å². The van der Waals surface area contributed by atoms with E-state index in [9.17, 15) is 8.78 Å². The minimum atomic E-state index is -0.410. The second kappa shape index (κ2) is 4.61. The van der Waals surface area contributed by atoms with Crippen LogP contribution in [0.15, 0.2) is 12.1 Å². The van der Waals surface area contributed by atoms with Gasteiger partial charge in [0.05, 0.1) is 0 Å². The Morgan fingerprint density at radius 3 is 2.78 bits per heavy atom. The monoisotopic (exact) mass is 251 g/mol. The summed E-state index contributed by atoms with van der Waals surface area (Å²) in [6, 6.07) is 3.21. The Balaban J connectivity index is 1.89. The lowest BCUT2D eigenvalue weighted by Crippen LogP contribution is -2.40. The highest BCUT2D eigenvalue weighted by Gasteiger charge is 2.35. The Morgan fingerprint density at radius 2 is 1.94 bits per heavy atom. The fourth-order valence-corrected chi connectivity index (χ4v) is 3.55. The Morgan fingerprint density at radius 1 is 1.11 bits per heavy atom. The van der Waals surface area contributed by atoms with Crippen LogP contribution in [-0.2, 0) is 0 Å². The molecule has 0 spiro atoms. The first-order chi connectivity index (χ1) is 8.66. The van der Waals surface area contributed by atoms with E-state index in [1.165, 1.54) is 25.0 Å². The van der Waals surface area contributed by atoms with Gasteiger partial charge >= 0.3 is 0 Å². The van der Waals surface area contributed by atoms with Crippen LogP contribution in [0.25, 0.3) is 0 Å². The van der Waals surface area contributed by atoms with Crippen LogP contribution in [0.5, 0.6) is 0 Å². The maximum Gasteiger partial charge on any atom is 0.133 e. The number of benzene rings is 1. The number of hydrogen-bond acceptors (Lipinski definition) is 1. The lowest BCUT2D eigenvalue weighted by Gasteiger charge is -2.34. The van der Waals surface area contributed by atoms with Crippen molar-refractivity contribution in [2.75, 3.05) is 0 Å². The van der Waals surface area contributed by atoms with Crippen molar-refractivity contribution < 1.29 is 8.78 Å². The van der Waals surface area contributed by atoms with Crippen molar-refractivity contribution >= 4 is 0 Å². The molecular weight excluding hydrogens is 232 g/mol. The van der Waals surface area contributed by atoms with E-state index in [1.807, 2.05) is 0 Å². The number of aryl methyl sites for hydroxylation is 1. The SMILES string of the molecule is Cc1ccc(F)c(C2CCC3CCCC3N2)c1F. The number of nitrogens with one attached hydrogen (secondary N) is 1. The minimum absolute atomic E-state index is 0.149. The number of hydrogen-bond donors (Lipinski definition) is 1. The zero-order valence-corrected chi connectivity index (χ0v) is 10.7. The van der Waals surface area contributed by atoms with E-state index in [0.717, 1.165) is 25.2 Å². The fourth-order valence-electron chi connectivity index (χ4n) is 3.55. The molecule has 3 unspecified atom stereocenters. The molecular formula is C15H19F2N. The summed E-state index contributed by atoms with van der Waals surface area (Å²) >= 11 is 0. The summed E-state index contributed by atoms with van der Waals surface area (Å²) in [5, 5.41) is 3.46. The first-order valence-electron chi connectivity index (χ1n) is 6.87. The van der Waals surface area contributed by atoms with E-state index in [2.05, 4.69) is 5.32 Å². The van der Waals surface area contributed by atoms with Crippen LogP contribution in [0.3, 0.4) is 0 Å². The van der Waals surface area contributed by atoms with Gasteiger partial charge in [-0.3, -0.25) is 0 Å². The van der Waals surface area contributed by atoms with Gasteiger partial charge in [0.2, 0.25) is 0 Å². The molecule has 3 atom stereocenters. The quantitative estimate of drug-likeness (QED) is 0.799. The summed E-state index contributed by atoms with van der Waals surface area (Å²) in [4.78, 5) is 0. The molecule has 1 N–H and O–H groups in total. The van der Waals surface area contributed by atoms with E-state index in [4.69, 9.17) is 0 Å². The molecule has 3 rings (SSSR count). The number of rotatable bonds is 1. The second-order valence-corrected chi connectivity index (χ2v) is 5.69. The van der Waals surface area contributed by atoms with Crippen molar-refractivity contribution in [2.24, 2.45) is 5.92 Å². The van der Waals surface area contributed by atoms with Gasteiger partial charge in [-0.2, -0.15) is 0 Å². The number of fused-ring (bicyclic) bond motifs is 1. The van der Waals surface area contributed by atoms with E-state index < -0.39 is 5.82 Å². The van der Waals surface area contributed by atoms with E-state index in [0.29, 0.717) is 11.6 Å². The summed E-state index contributed by atoms with van der Waals surface area (Å²) in [6.07, 6.45) is 5.60. The summed E-state index contributed by atoms with van der Waals surface area (Å²) < 4.78 is 28.0. The predicted octanol–water partition coefficient (Wildman–Crippen LogP) is 3.87. The highest BCUT2D eigenvalue weighted by atomic mass is 19.1. The molecule has 1 aromatic carbocycles. The normalized spacial score (nSPS) is 31.4. The Labute approximate surface area is 107 Å². The van der Waals surface area contributed by atoms with Crippen molar-refractivity contribution in [3.63, 3.8) is 0 Å². The van der Waals surface area contributed by atoms with Crippen molar-refractivity contribution in [1.82, 2.24) is 5.32 Å². The molecule has 1 heterocycles. The van der Waals surface area contributed by atoms with Gasteiger partial charge in [0.1, 0.15) is 11.6 Å². The number of piperidine rings is 1. The second-order valence-electron chi connectivity index (χ2n) is 5.69. The highest BCUT2D eigenvalue weighted by molar-refractivity contribution is 5.29. The first-order valence-corrected chi connectivity index (χ1v) is 6.87. The summed E-state index contributed by atoms with van der Waals surface area (Å²) in [7, 11) is 0. The van der Waals surface area contributed by atoms with Gasteiger partial charge in [0.15, 0.2) is 0 Å². The van der Waals surface area contributed by atoms with Gasteiger partial charge in [-0.15, -0.1) is 0 Å². The Hall–Kier alpha value is -0.960. The minimum Gasteiger partial charge on any atom is -0.307 e. The summed E-state index contributed by atoms with van der Waals surface area (Å²) in [5.41, 5.74) is 0.780. The average molecular weight is 251 g/mol. The molecule has 18 heavy (non-hydrogen) atoms. The molecule has 1 aliphatic heterocycles. The number of halogens is 2. The Kier molecular flexibility index (Phi) is 3.10. The highest BCUT2D eigenvalue weighted by Crippen LogP contribution is 2.39. The van der Waals surface area contributed by atoms with Crippen molar-refractivity contribution in [3.8, 4) is 0 Å². The van der Waals surface area contributed by atoms with Gasteiger partial charge in [0.25, 0.3) is 0 Å². The van der Waals surface area contributed by atoms with Gasteiger partial charge in [-0.05, 0) is 50.2 Å². The van der Waals surface area contributed by atoms with Crippen LogP contribution in [0.1, 0.15) is 49.3 Å². The van der Waals surface area contributed by atoms with Crippen molar-refractivity contribution in [3.05, 3.63) is 34.9 Å². The smallest absolute Gasteiger partial charge is 0.133 e. The molecule has 0 bridgehead atoms. The standard InChI is InChI=1S/C15H19F2N/c1-9-5-7-11(16)14(15(9)17)13-8-6-10-3-2-4-12(10)18-13/h5,7,10,12-13,18H,2-4,6,8H2,1H3. The molecule has 1 aliphatic carbocycles. The maximum atomic E-state index is 14.1. The van der Waals surface area contributed by atoms with E-state index in [-0.39, 0.29) is 17.4 Å². The fraction of sp³-hybridized carbons (Fsp3) is 0.600. The topological polar surface area (TPSA) is 12.0 Å². The molecule has 0 aromatic heterocycles. The van der Waals surface area contributed by atoms with Gasteiger partial charge in [0, 0.05) is 17.6 Å². The van der Waals surface area contributed by atoms with Crippen molar-refractivity contribution in [2.45, 2.75) is 51.1 Å². The van der Waals surface area contributed by atoms with E-state index in [1.54, 1.807) is 6.92 Å². The van der Waals surface area contributed by atoms with E-state index >= 15 is 0 Å². The summed E-state index contributed by atoms with van der Waals surface area (Å²) in [5.74, 6) is -0.0619. The first kappa shape index (κ1) is 12.1. The third-order valence-electron chi connectivity index (χ3n) is 4.57. The predicted molar refractivity (Wildman–Crippen MR) is 67.3 cm³/mol. The molecule has 3 heteroatoms. The van der Waals surface area contributed by atoms with Crippen LogP contribution in [0.4, 0.5) is 8.78 Å². The zero-order chi connectivity index (χ0) is 12.7. The zero-order valence-electron chi connectivity index (χ0n) is 10.7. The van der Waals surface area contributed by atoms with Crippen molar-refractivity contribution in [1.29, 1.82) is 0 Å². The molecule has 2 aliphatic rings. The maximum absolute atomic E-state index is 14.1. The van der Waals surface area contributed by atoms with Crippen LogP contribution < -0.4 is 5.32 Å². The molecule has 98 valence electrons. The third kappa shape index (κ3) is 1.95. The molecule has 2 fully saturated rings. The summed E-state index contributed by atoms with van der Waals surface area (Å²) in [6.45, 7) is 1.69.